The van der Waals surface area contributed by atoms with Crippen molar-refractivity contribution in [2.45, 2.75) is 32.4 Å². The topological polar surface area (TPSA) is 42.3 Å². The van der Waals surface area contributed by atoms with Crippen molar-refractivity contribution < 1.29 is 0 Å². The summed E-state index contributed by atoms with van der Waals surface area (Å²) in [6, 6.07) is 29.3. The lowest BCUT2D eigenvalue weighted by Gasteiger charge is -2.43. The van der Waals surface area contributed by atoms with Gasteiger partial charge in [0.2, 0.25) is 0 Å². The second-order valence-corrected chi connectivity index (χ2v) is 9.39. The lowest BCUT2D eigenvalue weighted by molar-refractivity contribution is 0.128. The van der Waals surface area contributed by atoms with Gasteiger partial charge in [-0.1, -0.05) is 60.7 Å². The van der Waals surface area contributed by atoms with Crippen LogP contribution >= 0.6 is 0 Å². The standard InChI is InChI=1S/C28H32N4/c1-28(2,3)32-18-16-31(17-19-32)25-15-14-24(21-29)26(20-25)30-27(22-10-6-4-7-11-22)23-12-8-5-9-13-23/h4-15,20,27,30H,16-19H2,1-3H3. The van der Waals surface area contributed by atoms with Crippen molar-refractivity contribution in [3.8, 4) is 6.07 Å². The molecule has 1 heterocycles. The molecule has 1 saturated heterocycles. The van der Waals surface area contributed by atoms with Gasteiger partial charge < -0.3 is 10.2 Å². The van der Waals surface area contributed by atoms with Crippen LogP contribution < -0.4 is 10.2 Å². The average molecular weight is 425 g/mol. The molecule has 164 valence electrons. The van der Waals surface area contributed by atoms with E-state index in [1.807, 2.05) is 18.2 Å². The molecule has 1 fully saturated rings. The number of nitrogens with zero attached hydrogens (tertiary/aromatic N) is 3. The maximum absolute atomic E-state index is 9.79. The zero-order chi connectivity index (χ0) is 22.6. The molecule has 0 amide bonds. The Morgan fingerprint density at radius 1 is 0.812 bits per heavy atom. The van der Waals surface area contributed by atoms with Crippen LogP contribution in [0.4, 0.5) is 11.4 Å². The molecule has 4 nitrogen and oxygen atoms in total. The highest BCUT2D eigenvalue weighted by molar-refractivity contribution is 5.67. The summed E-state index contributed by atoms with van der Waals surface area (Å²) < 4.78 is 0. The van der Waals surface area contributed by atoms with Crippen LogP contribution in [0.25, 0.3) is 0 Å². The second kappa shape index (κ2) is 9.46. The van der Waals surface area contributed by atoms with E-state index in [1.165, 1.54) is 16.8 Å². The van der Waals surface area contributed by atoms with E-state index >= 15 is 0 Å². The SMILES string of the molecule is CC(C)(C)N1CCN(c2ccc(C#N)c(NC(c3ccccc3)c3ccccc3)c2)CC1. The summed E-state index contributed by atoms with van der Waals surface area (Å²) in [5.41, 5.74) is 5.25. The van der Waals surface area contributed by atoms with Crippen LogP contribution in [0.5, 0.6) is 0 Å². The first-order valence-corrected chi connectivity index (χ1v) is 11.4. The van der Waals surface area contributed by atoms with Gasteiger partial charge in [0, 0.05) is 37.4 Å². The largest absolute Gasteiger partial charge is 0.373 e. The molecular formula is C28H32N4. The van der Waals surface area contributed by atoms with Crippen molar-refractivity contribution >= 4 is 11.4 Å². The number of nitriles is 1. The van der Waals surface area contributed by atoms with Gasteiger partial charge in [-0.05, 0) is 50.1 Å². The molecule has 0 bridgehead atoms. The first-order valence-electron chi connectivity index (χ1n) is 11.4. The van der Waals surface area contributed by atoms with E-state index in [1.54, 1.807) is 0 Å². The minimum absolute atomic E-state index is 0.0301. The predicted octanol–water partition coefficient (Wildman–Crippen LogP) is 5.68. The van der Waals surface area contributed by atoms with Gasteiger partial charge in [0.15, 0.2) is 0 Å². The summed E-state index contributed by atoms with van der Waals surface area (Å²) in [6.45, 7) is 10.9. The summed E-state index contributed by atoms with van der Waals surface area (Å²) in [5.74, 6) is 0. The lowest BCUT2D eigenvalue weighted by Crippen LogP contribution is -2.53. The van der Waals surface area contributed by atoms with Crippen molar-refractivity contribution in [3.63, 3.8) is 0 Å². The number of piperazine rings is 1. The highest BCUT2D eigenvalue weighted by atomic mass is 15.3. The van der Waals surface area contributed by atoms with E-state index in [-0.39, 0.29) is 11.6 Å². The van der Waals surface area contributed by atoms with Crippen LogP contribution in [0.2, 0.25) is 0 Å². The van der Waals surface area contributed by atoms with Crippen LogP contribution in [0.3, 0.4) is 0 Å². The van der Waals surface area contributed by atoms with E-state index in [9.17, 15) is 5.26 Å². The molecule has 32 heavy (non-hydrogen) atoms. The summed E-state index contributed by atoms with van der Waals surface area (Å²) in [7, 11) is 0. The minimum Gasteiger partial charge on any atom is -0.373 e. The van der Waals surface area contributed by atoms with Gasteiger partial charge in [-0.2, -0.15) is 5.26 Å². The van der Waals surface area contributed by atoms with Gasteiger partial charge in [-0.3, -0.25) is 4.90 Å². The van der Waals surface area contributed by atoms with Crippen LogP contribution in [0, 0.1) is 11.3 Å². The Balaban J connectivity index is 1.62. The van der Waals surface area contributed by atoms with E-state index in [2.05, 4.69) is 103 Å². The van der Waals surface area contributed by atoms with Crippen molar-refractivity contribution in [3.05, 3.63) is 95.6 Å². The number of hydrogen-bond acceptors (Lipinski definition) is 4. The first-order chi connectivity index (χ1) is 15.5. The Bertz CT molecular complexity index is 1020. The monoisotopic (exact) mass is 424 g/mol. The van der Waals surface area contributed by atoms with E-state index in [0.29, 0.717) is 5.56 Å². The van der Waals surface area contributed by atoms with Crippen molar-refractivity contribution in [2.24, 2.45) is 0 Å². The smallest absolute Gasteiger partial charge is 0.101 e. The van der Waals surface area contributed by atoms with Crippen molar-refractivity contribution in [1.82, 2.24) is 4.90 Å². The van der Waals surface area contributed by atoms with Crippen molar-refractivity contribution in [1.29, 1.82) is 5.26 Å². The molecular weight excluding hydrogens is 392 g/mol. The third kappa shape index (κ3) is 4.95. The molecule has 0 aromatic heterocycles. The van der Waals surface area contributed by atoms with Gasteiger partial charge >= 0.3 is 0 Å². The third-order valence-corrected chi connectivity index (χ3v) is 6.28. The maximum atomic E-state index is 9.79. The molecule has 3 aromatic rings. The number of benzene rings is 3. The number of anilines is 2. The Kier molecular flexibility index (Phi) is 6.48. The summed E-state index contributed by atoms with van der Waals surface area (Å²) in [6.07, 6.45) is 0. The number of nitrogens with one attached hydrogen (secondary N) is 1. The molecule has 0 spiro atoms. The lowest BCUT2D eigenvalue weighted by atomic mass is 9.98. The molecule has 0 aliphatic carbocycles. The molecule has 1 aliphatic heterocycles. The van der Waals surface area contributed by atoms with E-state index in [0.717, 1.165) is 31.9 Å². The Morgan fingerprint density at radius 3 is 1.88 bits per heavy atom. The summed E-state index contributed by atoms with van der Waals surface area (Å²) in [4.78, 5) is 4.96. The molecule has 0 atom stereocenters. The quantitative estimate of drug-likeness (QED) is 0.572. The maximum Gasteiger partial charge on any atom is 0.101 e. The number of hydrogen-bond donors (Lipinski definition) is 1. The fraction of sp³-hybridized carbons (Fsp3) is 0.321. The van der Waals surface area contributed by atoms with Crippen LogP contribution in [-0.2, 0) is 0 Å². The molecule has 3 aromatic carbocycles. The Morgan fingerprint density at radius 2 is 1.38 bits per heavy atom. The van der Waals surface area contributed by atoms with Gasteiger partial charge in [-0.25, -0.2) is 0 Å². The highest BCUT2D eigenvalue weighted by Gasteiger charge is 2.26. The van der Waals surface area contributed by atoms with Crippen LogP contribution in [-0.4, -0.2) is 36.6 Å². The molecule has 4 rings (SSSR count). The Labute approximate surface area is 192 Å². The van der Waals surface area contributed by atoms with Gasteiger partial charge in [-0.15, -0.1) is 0 Å². The third-order valence-electron chi connectivity index (χ3n) is 6.28. The van der Waals surface area contributed by atoms with Crippen molar-refractivity contribution in [2.75, 3.05) is 36.4 Å². The van der Waals surface area contributed by atoms with Crippen LogP contribution in [0.1, 0.15) is 43.5 Å². The predicted molar refractivity (Wildman–Crippen MR) is 133 cm³/mol. The molecule has 0 saturated carbocycles. The summed E-state index contributed by atoms with van der Waals surface area (Å²) >= 11 is 0. The molecule has 4 heteroatoms. The Hall–Kier alpha value is -3.29. The summed E-state index contributed by atoms with van der Waals surface area (Å²) in [5, 5.41) is 13.5. The van der Waals surface area contributed by atoms with Gasteiger partial charge in [0.25, 0.3) is 0 Å². The fourth-order valence-electron chi connectivity index (χ4n) is 4.39. The number of rotatable bonds is 5. The second-order valence-electron chi connectivity index (χ2n) is 9.39. The zero-order valence-electron chi connectivity index (χ0n) is 19.3. The normalized spacial score (nSPS) is 14.9. The first kappa shape index (κ1) is 21.9. The van der Waals surface area contributed by atoms with E-state index < -0.39 is 0 Å². The van der Waals surface area contributed by atoms with E-state index in [4.69, 9.17) is 0 Å². The molecule has 1 aliphatic rings. The molecule has 0 unspecified atom stereocenters. The average Bonchev–Trinajstić information content (AvgIpc) is 2.83. The van der Waals surface area contributed by atoms with Crippen LogP contribution in [0.15, 0.2) is 78.9 Å². The zero-order valence-corrected chi connectivity index (χ0v) is 19.3. The molecule has 1 N–H and O–H groups in total. The fourth-order valence-corrected chi connectivity index (χ4v) is 4.39. The molecule has 0 radical (unpaired) electrons. The minimum atomic E-state index is -0.0301. The van der Waals surface area contributed by atoms with Gasteiger partial charge in [0.1, 0.15) is 6.07 Å². The highest BCUT2D eigenvalue weighted by Crippen LogP contribution is 2.31. The van der Waals surface area contributed by atoms with Gasteiger partial charge in [0.05, 0.1) is 17.3 Å².